The normalized spacial score (nSPS) is 16.5. The highest BCUT2D eigenvalue weighted by Crippen LogP contribution is 2.26. The van der Waals surface area contributed by atoms with Crippen LogP contribution in [0.3, 0.4) is 0 Å². The Hall–Kier alpha value is -0.860. The van der Waals surface area contributed by atoms with E-state index in [0.29, 0.717) is 12.5 Å². The van der Waals surface area contributed by atoms with Crippen LogP contribution < -0.4 is 0 Å². The summed E-state index contributed by atoms with van der Waals surface area (Å²) in [6, 6.07) is 9.97. The van der Waals surface area contributed by atoms with Crippen LogP contribution in [0, 0.1) is 5.92 Å². The highest BCUT2D eigenvalue weighted by atomic mass is 16.5. The lowest BCUT2D eigenvalue weighted by molar-refractivity contribution is -0.0433. The smallest absolute Gasteiger partial charge is 0.108 e. The van der Waals surface area contributed by atoms with Gasteiger partial charge >= 0.3 is 0 Å². The molecule has 1 N–H and O–H groups in total. The van der Waals surface area contributed by atoms with Gasteiger partial charge in [0.2, 0.25) is 0 Å². The van der Waals surface area contributed by atoms with Gasteiger partial charge in [-0.15, -0.1) is 0 Å². The van der Waals surface area contributed by atoms with Crippen LogP contribution in [0.5, 0.6) is 0 Å². The summed E-state index contributed by atoms with van der Waals surface area (Å²) in [5.74, 6) is 0.525. The van der Waals surface area contributed by atoms with Gasteiger partial charge in [0.15, 0.2) is 0 Å². The van der Waals surface area contributed by atoms with Crippen molar-refractivity contribution < 1.29 is 9.84 Å². The summed E-state index contributed by atoms with van der Waals surface area (Å²) in [5, 5.41) is 10.3. The van der Waals surface area contributed by atoms with Crippen molar-refractivity contribution in [2.45, 2.75) is 45.8 Å². The monoisotopic (exact) mass is 236 g/mol. The van der Waals surface area contributed by atoms with Crippen LogP contribution in [0.15, 0.2) is 30.3 Å². The van der Waals surface area contributed by atoms with Crippen LogP contribution in [-0.2, 0) is 4.74 Å². The second kappa shape index (κ2) is 7.46. The Morgan fingerprint density at radius 3 is 2.35 bits per heavy atom. The van der Waals surface area contributed by atoms with E-state index in [1.165, 1.54) is 0 Å². The predicted molar refractivity (Wildman–Crippen MR) is 70.9 cm³/mol. The van der Waals surface area contributed by atoms with Crippen molar-refractivity contribution in [2.75, 3.05) is 6.61 Å². The largest absolute Gasteiger partial charge is 0.390 e. The first-order chi connectivity index (χ1) is 8.19. The van der Waals surface area contributed by atoms with E-state index in [2.05, 4.69) is 13.8 Å². The van der Waals surface area contributed by atoms with E-state index in [4.69, 9.17) is 4.74 Å². The number of aliphatic hydroxyl groups excluding tert-OH is 1. The zero-order valence-corrected chi connectivity index (χ0v) is 11.1. The van der Waals surface area contributed by atoms with Crippen LogP contribution in [0.2, 0.25) is 0 Å². The first kappa shape index (κ1) is 14.2. The van der Waals surface area contributed by atoms with E-state index in [-0.39, 0.29) is 6.10 Å². The summed E-state index contributed by atoms with van der Waals surface area (Å²) in [6.45, 7) is 6.90. The first-order valence-electron chi connectivity index (χ1n) is 6.53. The average molecular weight is 236 g/mol. The van der Waals surface area contributed by atoms with E-state index in [1.807, 2.05) is 37.3 Å². The molecule has 0 bridgehead atoms. The van der Waals surface area contributed by atoms with Gasteiger partial charge in [0.1, 0.15) is 6.10 Å². The summed E-state index contributed by atoms with van der Waals surface area (Å²) in [6.07, 6.45) is 1.25. The molecule has 3 unspecified atom stereocenters. The SMILES string of the molecule is CCOC(c1ccccc1)C(O)CC(C)CC. The Balaban J connectivity index is 2.71. The third-order valence-corrected chi connectivity index (χ3v) is 3.16. The number of ether oxygens (including phenoxy) is 1. The molecule has 0 heterocycles. The molecule has 0 saturated heterocycles. The molecule has 0 aliphatic heterocycles. The topological polar surface area (TPSA) is 29.5 Å². The van der Waals surface area contributed by atoms with Gasteiger partial charge in [0.25, 0.3) is 0 Å². The molecule has 3 atom stereocenters. The summed E-state index contributed by atoms with van der Waals surface area (Å²) in [5.41, 5.74) is 1.06. The highest BCUT2D eigenvalue weighted by Gasteiger charge is 2.22. The first-order valence-corrected chi connectivity index (χ1v) is 6.53. The molecule has 0 aliphatic carbocycles. The Labute approximate surface area is 105 Å². The Morgan fingerprint density at radius 1 is 1.18 bits per heavy atom. The van der Waals surface area contributed by atoms with Crippen LogP contribution in [0.4, 0.5) is 0 Å². The Kier molecular flexibility index (Phi) is 6.23. The van der Waals surface area contributed by atoms with Crippen molar-refractivity contribution in [3.63, 3.8) is 0 Å². The van der Waals surface area contributed by atoms with Gasteiger partial charge in [0, 0.05) is 6.61 Å². The molecule has 2 heteroatoms. The Bertz CT molecular complexity index is 297. The molecule has 1 aromatic carbocycles. The van der Waals surface area contributed by atoms with Crippen molar-refractivity contribution in [1.82, 2.24) is 0 Å². The van der Waals surface area contributed by atoms with Gasteiger partial charge in [-0.2, -0.15) is 0 Å². The number of aliphatic hydroxyl groups is 1. The van der Waals surface area contributed by atoms with Crippen molar-refractivity contribution >= 4 is 0 Å². The maximum atomic E-state index is 10.3. The van der Waals surface area contributed by atoms with Gasteiger partial charge in [-0.25, -0.2) is 0 Å². The minimum absolute atomic E-state index is 0.199. The molecule has 0 aromatic heterocycles. The summed E-state index contributed by atoms with van der Waals surface area (Å²) in [7, 11) is 0. The average Bonchev–Trinajstić information content (AvgIpc) is 2.36. The summed E-state index contributed by atoms with van der Waals surface area (Å²) in [4.78, 5) is 0. The van der Waals surface area contributed by atoms with Crippen LogP contribution >= 0.6 is 0 Å². The van der Waals surface area contributed by atoms with E-state index in [9.17, 15) is 5.11 Å². The number of hydrogen-bond acceptors (Lipinski definition) is 2. The number of benzene rings is 1. The maximum absolute atomic E-state index is 10.3. The van der Waals surface area contributed by atoms with E-state index in [1.54, 1.807) is 0 Å². The fourth-order valence-electron chi connectivity index (χ4n) is 1.95. The minimum atomic E-state index is -0.424. The minimum Gasteiger partial charge on any atom is -0.390 e. The van der Waals surface area contributed by atoms with E-state index in [0.717, 1.165) is 18.4 Å². The fourth-order valence-corrected chi connectivity index (χ4v) is 1.95. The molecule has 17 heavy (non-hydrogen) atoms. The van der Waals surface area contributed by atoms with Crippen molar-refractivity contribution in [3.05, 3.63) is 35.9 Å². The van der Waals surface area contributed by atoms with Crippen molar-refractivity contribution in [3.8, 4) is 0 Å². The Morgan fingerprint density at radius 2 is 1.82 bits per heavy atom. The molecule has 1 aromatic rings. The van der Waals surface area contributed by atoms with Crippen LogP contribution in [0.25, 0.3) is 0 Å². The van der Waals surface area contributed by atoms with Crippen molar-refractivity contribution in [1.29, 1.82) is 0 Å². The van der Waals surface area contributed by atoms with Crippen LogP contribution in [0.1, 0.15) is 45.3 Å². The van der Waals surface area contributed by atoms with Crippen molar-refractivity contribution in [2.24, 2.45) is 5.92 Å². The molecule has 0 spiro atoms. The third kappa shape index (κ3) is 4.49. The van der Waals surface area contributed by atoms with Gasteiger partial charge < -0.3 is 9.84 Å². The zero-order valence-electron chi connectivity index (χ0n) is 11.1. The van der Waals surface area contributed by atoms with E-state index < -0.39 is 6.10 Å². The lowest BCUT2D eigenvalue weighted by atomic mass is 9.94. The fraction of sp³-hybridized carbons (Fsp3) is 0.600. The quantitative estimate of drug-likeness (QED) is 0.784. The van der Waals surface area contributed by atoms with Gasteiger partial charge in [0.05, 0.1) is 6.10 Å². The molecule has 0 radical (unpaired) electrons. The van der Waals surface area contributed by atoms with Gasteiger partial charge in [-0.1, -0.05) is 50.6 Å². The predicted octanol–water partition coefficient (Wildman–Crippen LogP) is 3.56. The summed E-state index contributed by atoms with van der Waals surface area (Å²) >= 11 is 0. The lowest BCUT2D eigenvalue weighted by Gasteiger charge is -2.25. The molecule has 0 amide bonds. The van der Waals surface area contributed by atoms with Crippen LogP contribution in [-0.4, -0.2) is 17.8 Å². The second-order valence-corrected chi connectivity index (χ2v) is 4.60. The molecule has 1 rings (SSSR count). The molecule has 0 fully saturated rings. The zero-order chi connectivity index (χ0) is 12.7. The summed E-state index contributed by atoms with van der Waals surface area (Å²) < 4.78 is 5.69. The standard InChI is InChI=1S/C15H24O2/c1-4-12(3)11-14(16)15(17-5-2)13-9-7-6-8-10-13/h6-10,12,14-16H,4-5,11H2,1-3H3. The molecular weight excluding hydrogens is 212 g/mol. The molecule has 0 aliphatic rings. The van der Waals surface area contributed by atoms with Gasteiger partial charge in [-0.05, 0) is 24.8 Å². The molecule has 0 saturated carbocycles. The maximum Gasteiger partial charge on any atom is 0.108 e. The second-order valence-electron chi connectivity index (χ2n) is 4.60. The van der Waals surface area contributed by atoms with Gasteiger partial charge in [-0.3, -0.25) is 0 Å². The lowest BCUT2D eigenvalue weighted by Crippen LogP contribution is -2.23. The molecular formula is C15H24O2. The number of rotatable bonds is 7. The highest BCUT2D eigenvalue weighted by molar-refractivity contribution is 5.18. The van der Waals surface area contributed by atoms with E-state index >= 15 is 0 Å². The molecule has 2 nitrogen and oxygen atoms in total. The third-order valence-electron chi connectivity index (χ3n) is 3.16. The number of hydrogen-bond donors (Lipinski definition) is 1. The molecule has 96 valence electrons.